The van der Waals surface area contributed by atoms with E-state index in [1.165, 1.54) is 12.1 Å². The summed E-state index contributed by atoms with van der Waals surface area (Å²) in [4.78, 5) is 36.3. The van der Waals surface area contributed by atoms with Crippen LogP contribution in [0, 0.1) is 17.8 Å². The van der Waals surface area contributed by atoms with Gasteiger partial charge in [0.15, 0.2) is 0 Å². The average Bonchev–Trinajstić information content (AvgIpc) is 3.29. The van der Waals surface area contributed by atoms with Crippen LogP contribution in [0.2, 0.25) is 0 Å². The maximum atomic E-state index is 13.1. The van der Waals surface area contributed by atoms with E-state index in [2.05, 4.69) is 27.0 Å². The van der Waals surface area contributed by atoms with Gasteiger partial charge in [-0.15, -0.1) is 0 Å². The van der Waals surface area contributed by atoms with Gasteiger partial charge in [0.05, 0.1) is 12.1 Å². The number of piperidine rings is 2. The lowest BCUT2D eigenvalue weighted by Crippen LogP contribution is -2.53. The second-order valence-corrected chi connectivity index (χ2v) is 9.76. The Hall–Kier alpha value is -2.15. The van der Waals surface area contributed by atoms with Gasteiger partial charge in [0.1, 0.15) is 0 Å². The molecule has 1 N–H and O–H groups in total. The number of nitrogens with zero attached hydrogens (tertiary/aromatic N) is 4. The minimum Gasteiger partial charge on any atom is -0.371 e. The zero-order valence-corrected chi connectivity index (χ0v) is 17.9. The zero-order valence-electron chi connectivity index (χ0n) is 17.9. The molecule has 0 aromatic carbocycles. The van der Waals surface area contributed by atoms with Crippen molar-refractivity contribution in [1.82, 2.24) is 20.1 Å². The van der Waals surface area contributed by atoms with Crippen LogP contribution >= 0.6 is 0 Å². The molecule has 3 saturated heterocycles. The van der Waals surface area contributed by atoms with Gasteiger partial charge in [0.2, 0.25) is 11.8 Å². The van der Waals surface area contributed by atoms with Gasteiger partial charge < -0.3 is 15.1 Å². The summed E-state index contributed by atoms with van der Waals surface area (Å²) >= 11 is 0. The van der Waals surface area contributed by atoms with Crippen LogP contribution in [0.15, 0.2) is 24.5 Å². The van der Waals surface area contributed by atoms with Gasteiger partial charge in [0.25, 0.3) is 0 Å². The molecule has 0 unspecified atom stereocenters. The first-order valence-corrected chi connectivity index (χ1v) is 11.5. The highest BCUT2D eigenvalue weighted by atomic mass is 16.2. The summed E-state index contributed by atoms with van der Waals surface area (Å²) in [6.45, 7) is 8.14. The van der Waals surface area contributed by atoms with Crippen molar-refractivity contribution in [2.24, 2.45) is 17.8 Å². The van der Waals surface area contributed by atoms with Gasteiger partial charge in [-0.3, -0.25) is 19.5 Å². The number of rotatable bonds is 6. The largest absolute Gasteiger partial charge is 0.371 e. The molecule has 1 aromatic heterocycles. The van der Waals surface area contributed by atoms with Gasteiger partial charge in [-0.25, -0.2) is 0 Å². The standard InChI is InChI=1S/C23H33N5O2/c1-2-17-12-26(13-17)15-21(29)25-23-11-19(23)14-28(16-23)22(30)18-5-9-27(10-6-18)20-3-7-24-8-4-20/h3-4,7-8,17-19H,2,5-6,9-16H2,1H3,(H,25,29)/t19-,23-/m0/s1. The molecule has 3 aliphatic heterocycles. The molecule has 2 atom stereocenters. The highest BCUT2D eigenvalue weighted by molar-refractivity contribution is 5.82. The summed E-state index contributed by atoms with van der Waals surface area (Å²) in [5.41, 5.74) is 1.05. The van der Waals surface area contributed by atoms with Crippen LogP contribution < -0.4 is 10.2 Å². The van der Waals surface area contributed by atoms with Crippen LogP contribution in [-0.4, -0.2) is 78.0 Å². The molecule has 1 aliphatic carbocycles. The van der Waals surface area contributed by atoms with Gasteiger partial charge in [-0.2, -0.15) is 0 Å². The Balaban J connectivity index is 1.09. The fraction of sp³-hybridized carbons (Fsp3) is 0.696. The van der Waals surface area contributed by atoms with Crippen LogP contribution in [0.5, 0.6) is 0 Å². The number of amides is 2. The van der Waals surface area contributed by atoms with Crippen LogP contribution in [0.4, 0.5) is 5.69 Å². The molecule has 162 valence electrons. The van der Waals surface area contributed by atoms with E-state index in [4.69, 9.17) is 0 Å². The Morgan fingerprint density at radius 1 is 1.17 bits per heavy atom. The quantitative estimate of drug-likeness (QED) is 0.766. The third-order valence-corrected chi connectivity index (χ3v) is 7.70. The Labute approximate surface area is 178 Å². The first kappa shape index (κ1) is 19.8. The topological polar surface area (TPSA) is 68.8 Å². The van der Waals surface area contributed by atoms with E-state index in [1.54, 1.807) is 0 Å². The number of aromatic nitrogens is 1. The van der Waals surface area contributed by atoms with Gasteiger partial charge in [-0.05, 0) is 37.3 Å². The minimum atomic E-state index is -0.139. The van der Waals surface area contributed by atoms with Crippen molar-refractivity contribution < 1.29 is 9.59 Å². The Morgan fingerprint density at radius 3 is 2.60 bits per heavy atom. The number of fused-ring (bicyclic) bond motifs is 1. The van der Waals surface area contributed by atoms with E-state index in [-0.39, 0.29) is 17.4 Å². The summed E-state index contributed by atoms with van der Waals surface area (Å²) in [7, 11) is 0. The van der Waals surface area contributed by atoms with E-state index in [1.807, 2.05) is 29.4 Å². The van der Waals surface area contributed by atoms with E-state index in [9.17, 15) is 9.59 Å². The highest BCUT2D eigenvalue weighted by Crippen LogP contribution is 2.50. The molecule has 1 aromatic rings. The van der Waals surface area contributed by atoms with E-state index in [0.29, 0.717) is 24.9 Å². The van der Waals surface area contributed by atoms with E-state index in [0.717, 1.165) is 57.9 Å². The number of carbonyl (C=O) groups is 2. The smallest absolute Gasteiger partial charge is 0.234 e. The molecule has 7 heteroatoms. The molecule has 0 bridgehead atoms. The van der Waals surface area contributed by atoms with Crippen LogP contribution in [0.3, 0.4) is 0 Å². The maximum Gasteiger partial charge on any atom is 0.234 e. The molecule has 5 rings (SSSR count). The number of pyridine rings is 1. The normalized spacial score (nSPS) is 29.4. The molecular formula is C23H33N5O2. The minimum absolute atomic E-state index is 0.111. The predicted molar refractivity (Wildman–Crippen MR) is 115 cm³/mol. The molecule has 0 radical (unpaired) electrons. The van der Waals surface area contributed by atoms with Crippen molar-refractivity contribution in [3.63, 3.8) is 0 Å². The lowest BCUT2D eigenvalue weighted by Gasteiger charge is -2.38. The SMILES string of the molecule is CCC1CN(CC(=O)N[C@]23C[C@H]2CN(C(=O)C2CCN(c4ccncc4)CC2)C3)C1. The molecule has 30 heavy (non-hydrogen) atoms. The number of anilines is 1. The molecule has 7 nitrogen and oxygen atoms in total. The lowest BCUT2D eigenvalue weighted by atomic mass is 9.95. The lowest BCUT2D eigenvalue weighted by molar-refractivity contribution is -0.136. The van der Waals surface area contributed by atoms with Crippen molar-refractivity contribution in [3.05, 3.63) is 24.5 Å². The summed E-state index contributed by atoms with van der Waals surface area (Å²) in [5.74, 6) is 1.74. The fourth-order valence-electron chi connectivity index (χ4n) is 5.63. The molecule has 2 amide bonds. The molecule has 1 saturated carbocycles. The molecule has 0 spiro atoms. The zero-order chi connectivity index (χ0) is 20.7. The van der Waals surface area contributed by atoms with Crippen LogP contribution in [0.25, 0.3) is 0 Å². The number of hydrogen-bond donors (Lipinski definition) is 1. The summed E-state index contributed by atoms with van der Waals surface area (Å²) < 4.78 is 0. The van der Waals surface area contributed by atoms with Crippen LogP contribution in [-0.2, 0) is 9.59 Å². The van der Waals surface area contributed by atoms with Crippen LogP contribution in [0.1, 0.15) is 32.6 Å². The Bertz CT molecular complexity index is 788. The number of nitrogens with one attached hydrogen (secondary N) is 1. The Kier molecular flexibility index (Phi) is 5.17. The van der Waals surface area contributed by atoms with Crippen molar-refractivity contribution in [1.29, 1.82) is 0 Å². The van der Waals surface area contributed by atoms with Gasteiger partial charge in [-0.1, -0.05) is 13.3 Å². The number of hydrogen-bond acceptors (Lipinski definition) is 5. The maximum absolute atomic E-state index is 13.1. The van der Waals surface area contributed by atoms with E-state index < -0.39 is 0 Å². The first-order chi connectivity index (χ1) is 14.6. The first-order valence-electron chi connectivity index (χ1n) is 11.5. The summed E-state index contributed by atoms with van der Waals surface area (Å²) in [6, 6.07) is 4.07. The Morgan fingerprint density at radius 2 is 1.90 bits per heavy atom. The molecule has 4 aliphatic rings. The van der Waals surface area contributed by atoms with Crippen molar-refractivity contribution in [3.8, 4) is 0 Å². The molecule has 4 fully saturated rings. The monoisotopic (exact) mass is 411 g/mol. The second kappa shape index (κ2) is 7.84. The van der Waals surface area contributed by atoms with Crippen molar-refractivity contribution in [2.45, 2.75) is 38.1 Å². The van der Waals surface area contributed by atoms with E-state index >= 15 is 0 Å². The van der Waals surface area contributed by atoms with Crippen molar-refractivity contribution in [2.75, 3.05) is 50.7 Å². The predicted octanol–water partition coefficient (Wildman–Crippen LogP) is 1.36. The van der Waals surface area contributed by atoms with Gasteiger partial charge in [0, 0.05) is 69.2 Å². The summed E-state index contributed by atoms with van der Waals surface area (Å²) in [5, 5.41) is 3.29. The average molecular weight is 412 g/mol. The second-order valence-electron chi connectivity index (χ2n) is 9.76. The summed E-state index contributed by atoms with van der Waals surface area (Å²) in [6.07, 6.45) is 7.66. The molecule has 4 heterocycles. The number of likely N-dealkylation sites (tertiary alicyclic amines) is 2. The number of carbonyl (C=O) groups excluding carboxylic acids is 2. The highest BCUT2D eigenvalue weighted by Gasteiger charge is 2.62. The third kappa shape index (κ3) is 3.80. The van der Waals surface area contributed by atoms with Gasteiger partial charge >= 0.3 is 0 Å². The molecular weight excluding hydrogens is 378 g/mol. The third-order valence-electron chi connectivity index (χ3n) is 7.70. The van der Waals surface area contributed by atoms with Crippen molar-refractivity contribution >= 4 is 17.5 Å². The fourth-order valence-corrected chi connectivity index (χ4v) is 5.63.